The van der Waals surface area contributed by atoms with Gasteiger partial charge in [-0.05, 0) is 37.1 Å². The number of anilines is 1. The van der Waals surface area contributed by atoms with E-state index in [0.717, 1.165) is 16.0 Å². The first kappa shape index (κ1) is 19.7. The van der Waals surface area contributed by atoms with Gasteiger partial charge in [-0.2, -0.15) is 0 Å². The molecule has 1 aromatic heterocycles. The van der Waals surface area contributed by atoms with Gasteiger partial charge in [-0.25, -0.2) is 4.79 Å². The molecule has 0 atom stereocenters. The molecule has 1 aliphatic rings. The molecule has 1 aliphatic heterocycles. The average Bonchev–Trinajstić information content (AvgIpc) is 3.21. The summed E-state index contributed by atoms with van der Waals surface area (Å²) in [6, 6.07) is 5.37. The molecule has 9 heteroatoms. The van der Waals surface area contributed by atoms with Gasteiger partial charge in [-0.15, -0.1) is 11.3 Å². The van der Waals surface area contributed by atoms with Crippen molar-refractivity contribution in [1.29, 1.82) is 0 Å². The number of fused-ring (bicyclic) bond motifs is 1. The molecule has 0 radical (unpaired) electrons. The van der Waals surface area contributed by atoms with Crippen LogP contribution in [0.1, 0.15) is 33.3 Å². The Morgan fingerprint density at radius 3 is 2.68 bits per heavy atom. The second-order valence-corrected chi connectivity index (χ2v) is 7.43. The SMILES string of the molecule is CC(=O)Nc1sc(C)c(C)c1C(=O)OCC(=O)NCc1ccc2c(c1)OCO2. The molecule has 2 heterocycles. The third-order valence-electron chi connectivity index (χ3n) is 4.14. The second kappa shape index (κ2) is 8.30. The fraction of sp³-hybridized carbons (Fsp3) is 0.316. The average molecular weight is 404 g/mol. The maximum absolute atomic E-state index is 12.4. The lowest BCUT2D eigenvalue weighted by molar-refractivity contribution is -0.124. The van der Waals surface area contributed by atoms with Crippen LogP contribution in [0.3, 0.4) is 0 Å². The molecule has 2 amide bonds. The second-order valence-electron chi connectivity index (χ2n) is 6.21. The van der Waals surface area contributed by atoms with E-state index in [2.05, 4.69) is 10.6 Å². The van der Waals surface area contributed by atoms with Gasteiger partial charge >= 0.3 is 5.97 Å². The van der Waals surface area contributed by atoms with Gasteiger partial charge in [0.2, 0.25) is 12.7 Å². The Labute approximate surface area is 165 Å². The number of carbonyl (C=O) groups excluding carboxylic acids is 3. The van der Waals surface area contributed by atoms with Crippen LogP contribution >= 0.6 is 11.3 Å². The van der Waals surface area contributed by atoms with Crippen molar-refractivity contribution >= 4 is 34.1 Å². The van der Waals surface area contributed by atoms with Gasteiger partial charge in [0.1, 0.15) is 5.00 Å². The molecule has 0 saturated carbocycles. The zero-order chi connectivity index (χ0) is 20.3. The van der Waals surface area contributed by atoms with Crippen molar-refractivity contribution in [3.63, 3.8) is 0 Å². The highest BCUT2D eigenvalue weighted by Crippen LogP contribution is 2.33. The summed E-state index contributed by atoms with van der Waals surface area (Å²) >= 11 is 1.29. The Bertz CT molecular complexity index is 937. The van der Waals surface area contributed by atoms with Gasteiger partial charge in [-0.3, -0.25) is 9.59 Å². The fourth-order valence-corrected chi connectivity index (χ4v) is 3.72. The molecule has 2 aromatic rings. The van der Waals surface area contributed by atoms with Crippen molar-refractivity contribution in [3.05, 3.63) is 39.8 Å². The Hall–Kier alpha value is -3.07. The lowest BCUT2D eigenvalue weighted by atomic mass is 10.1. The van der Waals surface area contributed by atoms with E-state index in [1.165, 1.54) is 18.3 Å². The predicted molar refractivity (Wildman–Crippen MR) is 103 cm³/mol. The maximum Gasteiger partial charge on any atom is 0.341 e. The number of amides is 2. The zero-order valence-electron chi connectivity index (χ0n) is 15.7. The summed E-state index contributed by atoms with van der Waals surface area (Å²) in [5, 5.41) is 5.74. The lowest BCUT2D eigenvalue weighted by Crippen LogP contribution is -2.28. The van der Waals surface area contributed by atoms with Crippen molar-refractivity contribution in [3.8, 4) is 11.5 Å². The van der Waals surface area contributed by atoms with Gasteiger partial charge in [0, 0.05) is 18.3 Å². The van der Waals surface area contributed by atoms with E-state index < -0.39 is 18.5 Å². The first-order chi connectivity index (χ1) is 13.3. The largest absolute Gasteiger partial charge is 0.454 e. The van der Waals surface area contributed by atoms with Crippen LogP contribution in [-0.2, 0) is 20.9 Å². The number of hydrogen-bond acceptors (Lipinski definition) is 7. The monoisotopic (exact) mass is 404 g/mol. The smallest absolute Gasteiger partial charge is 0.341 e. The van der Waals surface area contributed by atoms with Crippen LogP contribution in [-0.4, -0.2) is 31.2 Å². The maximum atomic E-state index is 12.4. The van der Waals surface area contributed by atoms with Crippen LogP contribution in [0.25, 0.3) is 0 Å². The van der Waals surface area contributed by atoms with Crippen LogP contribution in [0.4, 0.5) is 5.00 Å². The Balaban J connectivity index is 1.54. The molecule has 0 unspecified atom stereocenters. The first-order valence-electron chi connectivity index (χ1n) is 8.55. The molecule has 1 aromatic carbocycles. The number of hydrogen-bond donors (Lipinski definition) is 2. The highest BCUT2D eigenvalue weighted by atomic mass is 32.1. The highest BCUT2D eigenvalue weighted by molar-refractivity contribution is 7.16. The van der Waals surface area contributed by atoms with Crippen molar-refractivity contribution < 1.29 is 28.6 Å². The number of thiophene rings is 1. The number of rotatable bonds is 6. The number of benzene rings is 1. The third-order valence-corrected chi connectivity index (χ3v) is 5.26. The molecule has 0 saturated heterocycles. The van der Waals surface area contributed by atoms with Crippen LogP contribution in [0, 0.1) is 13.8 Å². The zero-order valence-corrected chi connectivity index (χ0v) is 16.5. The van der Waals surface area contributed by atoms with E-state index in [1.807, 2.05) is 13.0 Å². The molecule has 148 valence electrons. The van der Waals surface area contributed by atoms with E-state index in [4.69, 9.17) is 14.2 Å². The van der Waals surface area contributed by atoms with E-state index in [0.29, 0.717) is 16.5 Å². The molecular formula is C19H20N2O6S. The minimum Gasteiger partial charge on any atom is -0.454 e. The van der Waals surface area contributed by atoms with Crippen LogP contribution < -0.4 is 20.1 Å². The minimum absolute atomic E-state index is 0.184. The van der Waals surface area contributed by atoms with Gasteiger partial charge in [-0.1, -0.05) is 6.07 Å². The summed E-state index contributed by atoms with van der Waals surface area (Å²) < 4.78 is 15.7. The minimum atomic E-state index is -0.649. The van der Waals surface area contributed by atoms with Crippen molar-refractivity contribution in [2.45, 2.75) is 27.3 Å². The molecule has 0 fully saturated rings. The molecule has 0 aliphatic carbocycles. The standard InChI is InChI=1S/C19H20N2O6S/c1-10-11(2)28-18(21-12(3)22)17(10)19(24)25-8-16(23)20-7-13-4-5-14-15(6-13)27-9-26-14/h4-6H,7-9H2,1-3H3,(H,20,23)(H,21,22). The first-order valence-corrected chi connectivity index (χ1v) is 9.36. The summed E-state index contributed by atoms with van der Waals surface area (Å²) in [5.41, 5.74) is 1.84. The fourth-order valence-electron chi connectivity index (χ4n) is 2.63. The molecule has 2 N–H and O–H groups in total. The highest BCUT2D eigenvalue weighted by Gasteiger charge is 2.22. The summed E-state index contributed by atoms with van der Waals surface area (Å²) in [5.74, 6) is -0.0651. The summed E-state index contributed by atoms with van der Waals surface area (Å²) in [7, 11) is 0. The van der Waals surface area contributed by atoms with E-state index in [9.17, 15) is 14.4 Å². The summed E-state index contributed by atoms with van der Waals surface area (Å²) in [6.07, 6.45) is 0. The Morgan fingerprint density at radius 1 is 1.18 bits per heavy atom. The van der Waals surface area contributed by atoms with Crippen molar-refractivity contribution in [2.75, 3.05) is 18.7 Å². The predicted octanol–water partition coefficient (Wildman–Crippen LogP) is 2.53. The molecule has 8 nitrogen and oxygen atoms in total. The topological polar surface area (TPSA) is 103 Å². The number of ether oxygens (including phenoxy) is 3. The summed E-state index contributed by atoms with van der Waals surface area (Å²) in [6.45, 7) is 5.01. The van der Waals surface area contributed by atoms with E-state index in [1.54, 1.807) is 19.1 Å². The van der Waals surface area contributed by atoms with Gasteiger partial charge in [0.15, 0.2) is 18.1 Å². The van der Waals surface area contributed by atoms with Gasteiger partial charge < -0.3 is 24.8 Å². The van der Waals surface area contributed by atoms with Crippen LogP contribution in [0.15, 0.2) is 18.2 Å². The van der Waals surface area contributed by atoms with Gasteiger partial charge in [0.05, 0.1) is 5.56 Å². The van der Waals surface area contributed by atoms with Crippen molar-refractivity contribution in [2.24, 2.45) is 0 Å². The molecular weight excluding hydrogens is 384 g/mol. The number of esters is 1. The third kappa shape index (κ3) is 4.42. The van der Waals surface area contributed by atoms with Crippen molar-refractivity contribution in [1.82, 2.24) is 5.32 Å². The van der Waals surface area contributed by atoms with Gasteiger partial charge in [0.25, 0.3) is 5.91 Å². The Morgan fingerprint density at radius 2 is 1.93 bits per heavy atom. The van der Waals surface area contributed by atoms with Crippen LogP contribution in [0.5, 0.6) is 11.5 Å². The molecule has 28 heavy (non-hydrogen) atoms. The quantitative estimate of drug-likeness (QED) is 0.717. The molecule has 0 bridgehead atoms. The number of aryl methyl sites for hydroxylation is 1. The normalized spacial score (nSPS) is 11.8. The van der Waals surface area contributed by atoms with E-state index in [-0.39, 0.29) is 24.8 Å². The lowest BCUT2D eigenvalue weighted by Gasteiger charge is -2.09. The van der Waals surface area contributed by atoms with Crippen LogP contribution in [0.2, 0.25) is 0 Å². The molecule has 3 rings (SSSR count). The Kier molecular flexibility index (Phi) is 5.84. The number of nitrogens with one attached hydrogen (secondary N) is 2. The summed E-state index contributed by atoms with van der Waals surface area (Å²) in [4.78, 5) is 36.7. The molecule has 0 spiro atoms. The van der Waals surface area contributed by atoms with E-state index >= 15 is 0 Å². The number of carbonyl (C=O) groups is 3.